The van der Waals surface area contributed by atoms with Crippen LogP contribution in [0.2, 0.25) is 0 Å². The number of amides is 4. The first-order valence-corrected chi connectivity index (χ1v) is 10.1. The van der Waals surface area contributed by atoms with Crippen LogP contribution in [0.1, 0.15) is 51.8 Å². The van der Waals surface area contributed by atoms with Gasteiger partial charge in [0.05, 0.1) is 12.3 Å². The number of furan rings is 1. The highest BCUT2D eigenvalue weighted by Gasteiger charge is 2.56. The third-order valence-corrected chi connectivity index (χ3v) is 5.91. The molecule has 8 nitrogen and oxygen atoms in total. The number of nitrogens with zero attached hydrogens (tertiary/aromatic N) is 2. The van der Waals surface area contributed by atoms with Gasteiger partial charge >= 0.3 is 6.03 Å². The van der Waals surface area contributed by atoms with Crippen LogP contribution in [0.3, 0.4) is 0 Å². The second-order valence-corrected chi connectivity index (χ2v) is 9.56. The lowest BCUT2D eigenvalue weighted by Crippen LogP contribution is -2.54. The Kier molecular flexibility index (Phi) is 5.76. The van der Waals surface area contributed by atoms with E-state index in [9.17, 15) is 14.4 Å². The first-order chi connectivity index (χ1) is 13.5. The number of hydrogen-bond acceptors (Lipinski definition) is 5. The number of imide groups is 1. The molecule has 4 amide bonds. The van der Waals surface area contributed by atoms with Crippen LogP contribution in [0.5, 0.6) is 0 Å². The Balaban J connectivity index is 1.63. The van der Waals surface area contributed by atoms with Crippen molar-refractivity contribution in [2.24, 2.45) is 11.3 Å². The van der Waals surface area contributed by atoms with Gasteiger partial charge in [0.15, 0.2) is 0 Å². The van der Waals surface area contributed by atoms with Crippen LogP contribution in [0.25, 0.3) is 0 Å². The smallest absolute Gasteiger partial charge is 0.325 e. The highest BCUT2D eigenvalue weighted by atomic mass is 16.3. The van der Waals surface area contributed by atoms with Gasteiger partial charge in [0, 0.05) is 6.54 Å². The minimum absolute atomic E-state index is 0.0408. The molecule has 1 saturated carbocycles. The van der Waals surface area contributed by atoms with Crippen molar-refractivity contribution in [3.63, 3.8) is 0 Å². The predicted molar refractivity (Wildman–Crippen MR) is 108 cm³/mol. The molecule has 29 heavy (non-hydrogen) atoms. The van der Waals surface area contributed by atoms with E-state index in [-0.39, 0.29) is 29.8 Å². The summed E-state index contributed by atoms with van der Waals surface area (Å²) in [5.74, 6) is 0.410. The number of hydrogen-bond donors (Lipinski definition) is 2. The highest BCUT2D eigenvalue weighted by molar-refractivity contribution is 6.09. The van der Waals surface area contributed by atoms with Crippen molar-refractivity contribution in [3.8, 4) is 0 Å². The Labute approximate surface area is 172 Å². The van der Waals surface area contributed by atoms with Gasteiger partial charge in [0.25, 0.3) is 5.91 Å². The standard InChI is InChI=1S/C21H32N4O4/c1-14-9-20(2,3)13-21(10-14)18(27)25(19(28)23-21)12-17(26)22-11-15(24(4)5)16-7-6-8-29-16/h6-8,14-15H,9-13H2,1-5H3,(H,22,26)(H,23,28)/t14-,15-,21-/m0/s1. The molecule has 160 valence electrons. The molecule has 3 rings (SSSR count). The summed E-state index contributed by atoms with van der Waals surface area (Å²) in [6.07, 6.45) is 3.80. The predicted octanol–water partition coefficient (Wildman–Crippen LogP) is 2.14. The number of nitrogens with one attached hydrogen (secondary N) is 2. The molecule has 1 aliphatic carbocycles. The van der Waals surface area contributed by atoms with Crippen molar-refractivity contribution in [3.05, 3.63) is 24.2 Å². The summed E-state index contributed by atoms with van der Waals surface area (Å²) >= 11 is 0. The molecule has 2 fully saturated rings. The van der Waals surface area contributed by atoms with Gasteiger partial charge in [0.1, 0.15) is 17.8 Å². The molecule has 3 atom stereocenters. The second kappa shape index (κ2) is 7.82. The Morgan fingerprint density at radius 3 is 2.69 bits per heavy atom. The van der Waals surface area contributed by atoms with Crippen LogP contribution >= 0.6 is 0 Å². The molecule has 2 N–H and O–H groups in total. The molecular weight excluding hydrogens is 372 g/mol. The topological polar surface area (TPSA) is 94.9 Å². The Morgan fingerprint density at radius 1 is 1.38 bits per heavy atom. The maximum Gasteiger partial charge on any atom is 0.325 e. The number of carbonyl (C=O) groups is 3. The fraction of sp³-hybridized carbons (Fsp3) is 0.667. The molecule has 0 bridgehead atoms. The number of carbonyl (C=O) groups excluding carboxylic acids is 3. The Hall–Kier alpha value is -2.35. The molecule has 2 heterocycles. The van der Waals surface area contributed by atoms with Gasteiger partial charge in [-0.1, -0.05) is 20.8 Å². The van der Waals surface area contributed by atoms with E-state index in [0.717, 1.165) is 17.1 Å². The van der Waals surface area contributed by atoms with Gasteiger partial charge in [0.2, 0.25) is 5.91 Å². The number of urea groups is 1. The zero-order chi connectivity index (χ0) is 21.4. The molecule has 1 aliphatic heterocycles. The van der Waals surface area contributed by atoms with Crippen LogP contribution in [0.15, 0.2) is 22.8 Å². The zero-order valence-electron chi connectivity index (χ0n) is 17.9. The van der Waals surface area contributed by atoms with Gasteiger partial charge < -0.3 is 15.1 Å². The van der Waals surface area contributed by atoms with Crippen molar-refractivity contribution >= 4 is 17.8 Å². The fourth-order valence-corrected chi connectivity index (χ4v) is 5.08. The van der Waals surface area contributed by atoms with Gasteiger partial charge in [-0.05, 0) is 56.8 Å². The lowest BCUT2D eigenvalue weighted by molar-refractivity contribution is -0.137. The minimum Gasteiger partial charge on any atom is -0.468 e. The summed E-state index contributed by atoms with van der Waals surface area (Å²) in [5.41, 5.74) is -0.931. The third kappa shape index (κ3) is 4.47. The van der Waals surface area contributed by atoms with Crippen molar-refractivity contribution in [2.45, 2.75) is 51.6 Å². The van der Waals surface area contributed by atoms with E-state index in [1.54, 1.807) is 12.3 Å². The van der Waals surface area contributed by atoms with E-state index in [1.807, 2.05) is 25.1 Å². The quantitative estimate of drug-likeness (QED) is 0.709. The molecule has 1 aromatic rings. The van der Waals surface area contributed by atoms with Gasteiger partial charge in [-0.3, -0.25) is 19.4 Å². The molecule has 1 aromatic heterocycles. The van der Waals surface area contributed by atoms with E-state index in [4.69, 9.17) is 4.42 Å². The van der Waals surface area contributed by atoms with E-state index in [1.165, 1.54) is 0 Å². The molecule has 0 radical (unpaired) electrons. The average molecular weight is 405 g/mol. The lowest BCUT2D eigenvalue weighted by atomic mass is 9.64. The van der Waals surface area contributed by atoms with Crippen LogP contribution in [-0.2, 0) is 9.59 Å². The van der Waals surface area contributed by atoms with Gasteiger partial charge in [-0.15, -0.1) is 0 Å². The first-order valence-electron chi connectivity index (χ1n) is 10.1. The number of rotatable bonds is 6. The van der Waals surface area contributed by atoms with E-state index < -0.39 is 11.6 Å². The Bertz CT molecular complexity index is 774. The maximum absolute atomic E-state index is 13.1. The van der Waals surface area contributed by atoms with E-state index in [2.05, 4.69) is 31.4 Å². The van der Waals surface area contributed by atoms with E-state index in [0.29, 0.717) is 25.3 Å². The van der Waals surface area contributed by atoms with Crippen molar-refractivity contribution in [2.75, 3.05) is 27.2 Å². The molecule has 8 heteroatoms. The van der Waals surface area contributed by atoms with Crippen molar-refractivity contribution < 1.29 is 18.8 Å². The third-order valence-electron chi connectivity index (χ3n) is 5.91. The minimum atomic E-state index is -0.890. The molecular formula is C21H32N4O4. The molecule has 0 aromatic carbocycles. The summed E-state index contributed by atoms with van der Waals surface area (Å²) in [6, 6.07) is 3.03. The van der Waals surface area contributed by atoms with E-state index >= 15 is 0 Å². The summed E-state index contributed by atoms with van der Waals surface area (Å²) in [6.45, 7) is 6.38. The van der Waals surface area contributed by atoms with Crippen LogP contribution in [0.4, 0.5) is 4.79 Å². The fourth-order valence-electron chi connectivity index (χ4n) is 5.08. The van der Waals surface area contributed by atoms with Crippen LogP contribution < -0.4 is 10.6 Å². The van der Waals surface area contributed by atoms with Crippen LogP contribution in [-0.4, -0.2) is 60.4 Å². The monoisotopic (exact) mass is 404 g/mol. The summed E-state index contributed by atoms with van der Waals surface area (Å²) < 4.78 is 5.44. The summed E-state index contributed by atoms with van der Waals surface area (Å²) in [4.78, 5) is 41.2. The molecule has 0 unspecified atom stereocenters. The average Bonchev–Trinajstić information content (AvgIpc) is 3.17. The van der Waals surface area contributed by atoms with Gasteiger partial charge in [-0.25, -0.2) is 4.79 Å². The summed E-state index contributed by atoms with van der Waals surface area (Å²) in [5, 5.41) is 5.72. The first kappa shape index (κ1) is 21.4. The normalized spacial score (nSPS) is 27.4. The van der Waals surface area contributed by atoms with Crippen molar-refractivity contribution in [1.82, 2.24) is 20.4 Å². The largest absolute Gasteiger partial charge is 0.468 e. The molecule has 1 spiro atoms. The van der Waals surface area contributed by atoms with Crippen molar-refractivity contribution in [1.29, 1.82) is 0 Å². The Morgan fingerprint density at radius 2 is 2.10 bits per heavy atom. The highest BCUT2D eigenvalue weighted by Crippen LogP contribution is 2.46. The SMILES string of the molecule is C[C@H]1CC(C)(C)C[C@]2(C1)NC(=O)N(CC(=O)NC[C@@H](c1ccco1)N(C)C)C2=O. The zero-order valence-corrected chi connectivity index (χ0v) is 17.9. The lowest BCUT2D eigenvalue weighted by Gasteiger charge is -2.43. The summed E-state index contributed by atoms with van der Waals surface area (Å²) in [7, 11) is 3.79. The van der Waals surface area contributed by atoms with Crippen LogP contribution in [0, 0.1) is 11.3 Å². The molecule has 1 saturated heterocycles. The molecule has 2 aliphatic rings. The number of likely N-dealkylation sites (N-methyl/N-ethyl adjacent to an activating group) is 1. The second-order valence-electron chi connectivity index (χ2n) is 9.56. The maximum atomic E-state index is 13.1. The van der Waals surface area contributed by atoms with Gasteiger partial charge in [-0.2, -0.15) is 0 Å².